The monoisotopic (exact) mass is 353 g/mol. The van der Waals surface area contributed by atoms with Crippen LogP contribution in [0.4, 0.5) is 0 Å². The smallest absolute Gasteiger partial charge is 0.00965 e. The molecule has 0 fully saturated rings. The lowest BCUT2D eigenvalue weighted by molar-refractivity contribution is 0.415. The highest BCUT2D eigenvalue weighted by molar-refractivity contribution is 4.69. The van der Waals surface area contributed by atoms with Gasteiger partial charge in [-0.3, -0.25) is 0 Å². The molecule has 25 heavy (non-hydrogen) atoms. The minimum absolute atomic E-state index is 0.286. The number of nitrogens with one attached hydrogen (secondary N) is 1. The molecule has 0 amide bonds. The molecule has 0 aromatic rings. The van der Waals surface area contributed by atoms with Crippen molar-refractivity contribution in [3.8, 4) is 0 Å². The molecule has 0 aliphatic carbocycles. The third kappa shape index (κ3) is 24.0. The highest BCUT2D eigenvalue weighted by atomic mass is 14.9. The fourth-order valence-electron chi connectivity index (χ4n) is 3.49. The molecule has 0 heterocycles. The normalized spacial score (nSPS) is 12.0. The van der Waals surface area contributed by atoms with Crippen molar-refractivity contribution in [2.45, 2.75) is 149 Å². The van der Waals surface area contributed by atoms with Crippen molar-refractivity contribution in [1.82, 2.24) is 5.32 Å². The molecule has 0 aliphatic rings. The van der Waals surface area contributed by atoms with Crippen LogP contribution in [0.5, 0.6) is 0 Å². The van der Waals surface area contributed by atoms with Crippen LogP contribution in [-0.2, 0) is 0 Å². The summed E-state index contributed by atoms with van der Waals surface area (Å²) in [5.74, 6) is 0. The van der Waals surface area contributed by atoms with Gasteiger partial charge in [0.25, 0.3) is 0 Å². The van der Waals surface area contributed by atoms with E-state index in [1.165, 1.54) is 122 Å². The molecule has 152 valence electrons. The van der Waals surface area contributed by atoms with Crippen molar-refractivity contribution >= 4 is 0 Å². The van der Waals surface area contributed by atoms with Crippen molar-refractivity contribution in [3.63, 3.8) is 0 Å². The molecule has 0 aliphatic heterocycles. The first-order valence-electron chi connectivity index (χ1n) is 11.8. The van der Waals surface area contributed by atoms with E-state index in [0.717, 1.165) is 0 Å². The van der Waals surface area contributed by atoms with E-state index in [1.54, 1.807) is 0 Å². The molecule has 0 saturated heterocycles. The van der Waals surface area contributed by atoms with E-state index in [2.05, 4.69) is 33.0 Å². The molecule has 0 spiro atoms. The Morgan fingerprint density at radius 2 is 0.720 bits per heavy atom. The van der Waals surface area contributed by atoms with Gasteiger partial charge in [0.05, 0.1) is 0 Å². The summed E-state index contributed by atoms with van der Waals surface area (Å²) >= 11 is 0. The van der Waals surface area contributed by atoms with Crippen LogP contribution in [-0.4, -0.2) is 12.1 Å². The topological polar surface area (TPSA) is 12.0 Å². The van der Waals surface area contributed by atoms with Crippen molar-refractivity contribution in [3.05, 3.63) is 0 Å². The lowest BCUT2D eigenvalue weighted by Crippen LogP contribution is -2.36. The van der Waals surface area contributed by atoms with Gasteiger partial charge in [0.2, 0.25) is 0 Å². The predicted octanol–water partition coefficient (Wildman–Crippen LogP) is 8.42. The van der Waals surface area contributed by atoms with Gasteiger partial charge in [0, 0.05) is 5.54 Å². The number of hydrogen-bond acceptors (Lipinski definition) is 1. The zero-order valence-corrected chi connectivity index (χ0v) is 18.4. The van der Waals surface area contributed by atoms with Gasteiger partial charge in [-0.05, 0) is 33.7 Å². The Kier molecular flexibility index (Phi) is 18.7. The third-order valence-electron chi connectivity index (χ3n) is 5.19. The van der Waals surface area contributed by atoms with E-state index in [9.17, 15) is 0 Å². The Morgan fingerprint density at radius 3 is 1.00 bits per heavy atom. The summed E-state index contributed by atoms with van der Waals surface area (Å²) in [5.41, 5.74) is 0.286. The van der Waals surface area contributed by atoms with Crippen LogP contribution in [0.3, 0.4) is 0 Å². The van der Waals surface area contributed by atoms with E-state index < -0.39 is 0 Å². The summed E-state index contributed by atoms with van der Waals surface area (Å²) in [4.78, 5) is 0. The van der Waals surface area contributed by atoms with Gasteiger partial charge in [0.1, 0.15) is 0 Å². The first-order valence-corrected chi connectivity index (χ1v) is 11.8. The molecule has 0 saturated carbocycles. The molecular weight excluding hydrogens is 302 g/mol. The molecular formula is C24H51N. The average Bonchev–Trinajstić information content (AvgIpc) is 2.56. The molecule has 0 unspecified atom stereocenters. The van der Waals surface area contributed by atoms with Gasteiger partial charge < -0.3 is 5.32 Å². The highest BCUT2D eigenvalue weighted by Gasteiger charge is 2.06. The Balaban J connectivity index is 3.01. The van der Waals surface area contributed by atoms with Crippen LogP contribution in [0.25, 0.3) is 0 Å². The first kappa shape index (κ1) is 25.0. The van der Waals surface area contributed by atoms with Crippen molar-refractivity contribution in [1.29, 1.82) is 0 Å². The Labute approximate surface area is 161 Å². The zero-order chi connectivity index (χ0) is 18.6. The van der Waals surface area contributed by atoms with Gasteiger partial charge in [0.15, 0.2) is 0 Å². The molecule has 1 nitrogen and oxygen atoms in total. The van der Waals surface area contributed by atoms with Gasteiger partial charge in [-0.15, -0.1) is 0 Å². The summed E-state index contributed by atoms with van der Waals surface area (Å²) in [6.45, 7) is 10.2. The molecule has 0 aromatic heterocycles. The lowest BCUT2D eigenvalue weighted by atomic mass is 10.0. The Hall–Kier alpha value is -0.0400. The van der Waals surface area contributed by atoms with Crippen LogP contribution in [0.1, 0.15) is 143 Å². The molecule has 0 radical (unpaired) electrons. The second kappa shape index (κ2) is 18.7. The van der Waals surface area contributed by atoms with Crippen LogP contribution in [0, 0.1) is 0 Å². The summed E-state index contributed by atoms with van der Waals surface area (Å²) in [7, 11) is 0. The second-order valence-corrected chi connectivity index (χ2v) is 9.19. The second-order valence-electron chi connectivity index (χ2n) is 9.19. The number of rotatable bonds is 19. The average molecular weight is 354 g/mol. The van der Waals surface area contributed by atoms with E-state index in [1.807, 2.05) is 0 Å². The van der Waals surface area contributed by atoms with Gasteiger partial charge in [-0.2, -0.15) is 0 Å². The van der Waals surface area contributed by atoms with Crippen LogP contribution < -0.4 is 5.32 Å². The Morgan fingerprint density at radius 1 is 0.440 bits per heavy atom. The number of unbranched alkanes of at least 4 members (excludes halogenated alkanes) is 17. The molecule has 1 heteroatoms. The van der Waals surface area contributed by atoms with Crippen molar-refractivity contribution in [2.75, 3.05) is 6.54 Å². The minimum atomic E-state index is 0.286. The van der Waals surface area contributed by atoms with Crippen LogP contribution in [0.15, 0.2) is 0 Å². The molecule has 0 aromatic carbocycles. The lowest BCUT2D eigenvalue weighted by Gasteiger charge is -2.20. The van der Waals surface area contributed by atoms with Crippen molar-refractivity contribution < 1.29 is 0 Å². The van der Waals surface area contributed by atoms with Gasteiger partial charge >= 0.3 is 0 Å². The van der Waals surface area contributed by atoms with Crippen LogP contribution >= 0.6 is 0 Å². The quantitative estimate of drug-likeness (QED) is 0.230. The predicted molar refractivity (Wildman–Crippen MR) is 117 cm³/mol. The van der Waals surface area contributed by atoms with E-state index >= 15 is 0 Å². The largest absolute Gasteiger partial charge is 0.312 e. The Bertz CT molecular complexity index is 241. The van der Waals surface area contributed by atoms with Crippen molar-refractivity contribution in [2.24, 2.45) is 0 Å². The van der Waals surface area contributed by atoms with E-state index in [4.69, 9.17) is 0 Å². The third-order valence-corrected chi connectivity index (χ3v) is 5.19. The first-order chi connectivity index (χ1) is 12.1. The number of hydrogen-bond donors (Lipinski definition) is 1. The molecule has 0 rings (SSSR count). The maximum atomic E-state index is 3.58. The fraction of sp³-hybridized carbons (Fsp3) is 1.00. The standard InChI is InChI=1S/C24H51N/c1-5-6-7-8-9-10-11-12-13-14-15-16-17-18-19-20-21-22-23-25-24(2,3)4/h25H,5-23H2,1-4H3. The van der Waals surface area contributed by atoms with Gasteiger partial charge in [-0.1, -0.05) is 116 Å². The minimum Gasteiger partial charge on any atom is -0.312 e. The SMILES string of the molecule is CCCCCCCCCCCCCCCCCCCCNC(C)(C)C. The summed E-state index contributed by atoms with van der Waals surface area (Å²) in [6.07, 6.45) is 26.2. The molecule has 1 N–H and O–H groups in total. The summed E-state index contributed by atoms with van der Waals surface area (Å²) in [5, 5.41) is 3.58. The molecule has 0 atom stereocenters. The fourth-order valence-corrected chi connectivity index (χ4v) is 3.49. The molecule has 0 bridgehead atoms. The van der Waals surface area contributed by atoms with E-state index in [0.29, 0.717) is 0 Å². The van der Waals surface area contributed by atoms with E-state index in [-0.39, 0.29) is 5.54 Å². The van der Waals surface area contributed by atoms with Gasteiger partial charge in [-0.25, -0.2) is 0 Å². The highest BCUT2D eigenvalue weighted by Crippen LogP contribution is 2.14. The van der Waals surface area contributed by atoms with Crippen LogP contribution in [0.2, 0.25) is 0 Å². The maximum absolute atomic E-state index is 3.58. The maximum Gasteiger partial charge on any atom is 0.00965 e. The summed E-state index contributed by atoms with van der Waals surface area (Å²) < 4.78 is 0. The zero-order valence-electron chi connectivity index (χ0n) is 18.4. The summed E-state index contributed by atoms with van der Waals surface area (Å²) in [6, 6.07) is 0.